The van der Waals surface area contributed by atoms with Crippen LogP contribution in [0.4, 0.5) is 0 Å². The summed E-state index contributed by atoms with van der Waals surface area (Å²) < 4.78 is 5.65. The van der Waals surface area contributed by atoms with Gasteiger partial charge in [-0.1, -0.05) is 30.3 Å². The molecule has 1 fully saturated rings. The second kappa shape index (κ2) is 4.12. The Kier molecular flexibility index (Phi) is 2.87. The first-order chi connectivity index (χ1) is 6.36. The fraction of sp³-hybridized carbons (Fsp3) is 0.455. The molecule has 2 rings (SSSR count). The Balaban J connectivity index is 2.08. The van der Waals surface area contributed by atoms with E-state index in [9.17, 15) is 0 Å². The molecule has 0 bridgehead atoms. The molecule has 2 heteroatoms. The zero-order valence-corrected chi connectivity index (χ0v) is 8.20. The molecule has 0 aliphatic carbocycles. The van der Waals surface area contributed by atoms with Crippen LogP contribution >= 0.6 is 11.6 Å². The lowest BCUT2D eigenvalue weighted by Gasteiger charge is -2.26. The van der Waals surface area contributed by atoms with Gasteiger partial charge in [0, 0.05) is 12.0 Å². The Morgan fingerprint density at radius 1 is 1.23 bits per heavy atom. The molecule has 2 unspecified atom stereocenters. The summed E-state index contributed by atoms with van der Waals surface area (Å²) in [4.78, 5) is 0. The van der Waals surface area contributed by atoms with Crippen molar-refractivity contribution in [2.45, 2.75) is 24.3 Å². The molecule has 0 amide bonds. The normalized spacial score (nSPS) is 28.7. The SMILES string of the molecule is ClC1CCOC(c2ccccc2)C1. The minimum Gasteiger partial charge on any atom is -0.373 e. The van der Waals surface area contributed by atoms with Crippen molar-refractivity contribution in [3.63, 3.8) is 0 Å². The number of alkyl halides is 1. The van der Waals surface area contributed by atoms with E-state index >= 15 is 0 Å². The fourth-order valence-corrected chi connectivity index (χ4v) is 1.91. The first kappa shape index (κ1) is 9.04. The van der Waals surface area contributed by atoms with Gasteiger partial charge in [0.05, 0.1) is 6.10 Å². The molecule has 1 aromatic carbocycles. The number of rotatable bonds is 1. The zero-order valence-electron chi connectivity index (χ0n) is 7.45. The minimum absolute atomic E-state index is 0.206. The maximum atomic E-state index is 6.08. The van der Waals surface area contributed by atoms with E-state index in [1.54, 1.807) is 0 Å². The maximum absolute atomic E-state index is 6.08. The van der Waals surface area contributed by atoms with Crippen LogP contribution in [0.2, 0.25) is 0 Å². The van der Waals surface area contributed by atoms with Crippen LogP contribution < -0.4 is 0 Å². The monoisotopic (exact) mass is 196 g/mol. The molecule has 1 aliphatic rings. The Hall–Kier alpha value is -0.530. The molecule has 0 radical (unpaired) electrons. The second-order valence-corrected chi connectivity index (χ2v) is 4.01. The standard InChI is InChI=1S/C11H13ClO/c12-10-6-7-13-11(8-10)9-4-2-1-3-5-9/h1-5,10-11H,6-8H2. The van der Waals surface area contributed by atoms with Gasteiger partial charge >= 0.3 is 0 Å². The largest absolute Gasteiger partial charge is 0.373 e. The molecule has 1 aromatic rings. The highest BCUT2D eigenvalue weighted by molar-refractivity contribution is 6.20. The molecule has 0 N–H and O–H groups in total. The van der Waals surface area contributed by atoms with Gasteiger partial charge < -0.3 is 4.74 Å². The van der Waals surface area contributed by atoms with Crippen molar-refractivity contribution in [1.82, 2.24) is 0 Å². The average molecular weight is 197 g/mol. The Bertz CT molecular complexity index is 260. The molecular formula is C11H13ClO. The summed E-state index contributed by atoms with van der Waals surface area (Å²) in [6.07, 6.45) is 2.12. The van der Waals surface area contributed by atoms with Crippen LogP contribution in [-0.4, -0.2) is 12.0 Å². The van der Waals surface area contributed by atoms with Crippen molar-refractivity contribution in [2.24, 2.45) is 0 Å². The average Bonchev–Trinajstić information content (AvgIpc) is 2.19. The van der Waals surface area contributed by atoms with E-state index in [1.165, 1.54) is 5.56 Å². The van der Waals surface area contributed by atoms with Crippen LogP contribution in [0.25, 0.3) is 0 Å². The minimum atomic E-state index is 0.206. The topological polar surface area (TPSA) is 9.23 Å². The van der Waals surface area contributed by atoms with Crippen molar-refractivity contribution in [1.29, 1.82) is 0 Å². The van der Waals surface area contributed by atoms with Crippen LogP contribution in [0.15, 0.2) is 30.3 Å². The zero-order chi connectivity index (χ0) is 9.10. The Morgan fingerprint density at radius 2 is 2.00 bits per heavy atom. The third-order valence-electron chi connectivity index (χ3n) is 2.39. The third kappa shape index (κ3) is 2.23. The fourth-order valence-electron chi connectivity index (χ4n) is 1.66. The predicted molar refractivity (Wildman–Crippen MR) is 54.0 cm³/mol. The smallest absolute Gasteiger partial charge is 0.0839 e. The Labute approximate surface area is 83.7 Å². The van der Waals surface area contributed by atoms with Crippen molar-refractivity contribution >= 4 is 11.6 Å². The molecule has 70 valence electrons. The summed E-state index contributed by atoms with van der Waals surface area (Å²) in [6.45, 7) is 0.785. The van der Waals surface area contributed by atoms with Crippen molar-refractivity contribution in [3.8, 4) is 0 Å². The third-order valence-corrected chi connectivity index (χ3v) is 2.79. The molecule has 1 aliphatic heterocycles. The van der Waals surface area contributed by atoms with Crippen LogP contribution in [0.3, 0.4) is 0 Å². The molecule has 1 saturated heterocycles. The highest BCUT2D eigenvalue weighted by Gasteiger charge is 2.21. The van der Waals surface area contributed by atoms with Gasteiger partial charge in [-0.05, 0) is 18.4 Å². The summed E-state index contributed by atoms with van der Waals surface area (Å²) in [7, 11) is 0. The van der Waals surface area contributed by atoms with Crippen LogP contribution in [0.5, 0.6) is 0 Å². The van der Waals surface area contributed by atoms with E-state index in [0.717, 1.165) is 19.4 Å². The molecule has 0 spiro atoms. The van der Waals surface area contributed by atoms with E-state index in [0.29, 0.717) is 0 Å². The van der Waals surface area contributed by atoms with E-state index in [-0.39, 0.29) is 11.5 Å². The van der Waals surface area contributed by atoms with Gasteiger partial charge in [0.15, 0.2) is 0 Å². The maximum Gasteiger partial charge on any atom is 0.0839 e. The van der Waals surface area contributed by atoms with Gasteiger partial charge in [0.2, 0.25) is 0 Å². The molecule has 2 atom stereocenters. The second-order valence-electron chi connectivity index (χ2n) is 3.39. The summed E-state index contributed by atoms with van der Waals surface area (Å²) in [5.74, 6) is 0. The van der Waals surface area contributed by atoms with Gasteiger partial charge in [0.25, 0.3) is 0 Å². The quantitative estimate of drug-likeness (QED) is 0.627. The lowest BCUT2D eigenvalue weighted by atomic mass is 10.0. The summed E-state index contributed by atoms with van der Waals surface area (Å²) >= 11 is 6.08. The number of hydrogen-bond donors (Lipinski definition) is 0. The lowest BCUT2D eigenvalue weighted by molar-refractivity contribution is 0.0169. The predicted octanol–water partition coefficient (Wildman–Crippen LogP) is 3.15. The van der Waals surface area contributed by atoms with E-state index in [4.69, 9.17) is 16.3 Å². The molecule has 13 heavy (non-hydrogen) atoms. The number of ether oxygens (including phenoxy) is 1. The van der Waals surface area contributed by atoms with Gasteiger partial charge in [-0.25, -0.2) is 0 Å². The van der Waals surface area contributed by atoms with Gasteiger partial charge in [-0.3, -0.25) is 0 Å². The molecule has 1 nitrogen and oxygen atoms in total. The van der Waals surface area contributed by atoms with E-state index < -0.39 is 0 Å². The molecular weight excluding hydrogens is 184 g/mol. The van der Waals surface area contributed by atoms with Crippen LogP contribution in [0.1, 0.15) is 24.5 Å². The first-order valence-corrected chi connectivity index (χ1v) is 5.10. The Morgan fingerprint density at radius 3 is 2.69 bits per heavy atom. The lowest BCUT2D eigenvalue weighted by Crippen LogP contribution is -2.19. The summed E-state index contributed by atoms with van der Waals surface area (Å²) in [5.41, 5.74) is 1.24. The van der Waals surface area contributed by atoms with E-state index in [1.807, 2.05) is 18.2 Å². The van der Waals surface area contributed by atoms with Crippen molar-refractivity contribution < 1.29 is 4.74 Å². The van der Waals surface area contributed by atoms with Crippen molar-refractivity contribution in [3.05, 3.63) is 35.9 Å². The molecule has 1 heterocycles. The summed E-state index contributed by atoms with van der Waals surface area (Å²) in [6, 6.07) is 10.3. The number of benzene rings is 1. The first-order valence-electron chi connectivity index (χ1n) is 4.67. The van der Waals surface area contributed by atoms with Crippen LogP contribution in [0, 0.1) is 0 Å². The number of hydrogen-bond acceptors (Lipinski definition) is 1. The van der Waals surface area contributed by atoms with Gasteiger partial charge in [-0.2, -0.15) is 0 Å². The highest BCUT2D eigenvalue weighted by Crippen LogP contribution is 2.30. The molecule has 0 saturated carbocycles. The van der Waals surface area contributed by atoms with Gasteiger partial charge in [-0.15, -0.1) is 11.6 Å². The van der Waals surface area contributed by atoms with Crippen LogP contribution in [-0.2, 0) is 4.74 Å². The molecule has 0 aromatic heterocycles. The van der Waals surface area contributed by atoms with E-state index in [2.05, 4.69) is 12.1 Å². The van der Waals surface area contributed by atoms with Gasteiger partial charge in [0.1, 0.15) is 0 Å². The van der Waals surface area contributed by atoms with Crippen molar-refractivity contribution in [2.75, 3.05) is 6.61 Å². The summed E-state index contributed by atoms with van der Waals surface area (Å²) in [5, 5.41) is 0.277. The highest BCUT2D eigenvalue weighted by atomic mass is 35.5. The number of halogens is 1.